The second-order valence-corrected chi connectivity index (χ2v) is 7.35. The van der Waals surface area contributed by atoms with E-state index in [1.54, 1.807) is 6.26 Å². The maximum absolute atomic E-state index is 11.9. The van der Waals surface area contributed by atoms with Crippen LogP contribution < -0.4 is 16.0 Å². The van der Waals surface area contributed by atoms with Crippen molar-refractivity contribution in [3.63, 3.8) is 0 Å². The van der Waals surface area contributed by atoms with Gasteiger partial charge in [0.05, 0.1) is 12.0 Å². The van der Waals surface area contributed by atoms with E-state index in [1.807, 2.05) is 39.0 Å². The van der Waals surface area contributed by atoms with Crippen LogP contribution in [-0.2, 0) is 4.74 Å². The molecule has 0 bridgehead atoms. The molecule has 6 nitrogen and oxygen atoms in total. The van der Waals surface area contributed by atoms with E-state index in [1.165, 1.54) is 0 Å². The number of nitrogens with one attached hydrogen (secondary N) is 1. The van der Waals surface area contributed by atoms with Gasteiger partial charge in [0, 0.05) is 42.5 Å². The summed E-state index contributed by atoms with van der Waals surface area (Å²) < 4.78 is 11.1. The molecule has 0 radical (unpaired) electrons. The first-order chi connectivity index (χ1) is 11.3. The van der Waals surface area contributed by atoms with Gasteiger partial charge in [-0.3, -0.25) is 0 Å². The summed E-state index contributed by atoms with van der Waals surface area (Å²) in [4.78, 5) is 14.1. The summed E-state index contributed by atoms with van der Waals surface area (Å²) in [7, 11) is 0. The third-order valence-corrected chi connectivity index (χ3v) is 4.09. The maximum Gasteiger partial charge on any atom is 0.407 e. The number of nitrogen functional groups attached to an aromatic ring is 1. The quantitative estimate of drug-likeness (QED) is 0.823. The van der Waals surface area contributed by atoms with Crippen LogP contribution in [0.1, 0.15) is 33.6 Å². The summed E-state index contributed by atoms with van der Waals surface area (Å²) in [5, 5.41) is 3.84. The molecule has 0 unspecified atom stereocenters. The number of hydrogen-bond donors (Lipinski definition) is 2. The minimum absolute atomic E-state index is 0.0586. The molecule has 3 N–H and O–H groups in total. The molecule has 1 saturated heterocycles. The number of alkyl carbamates (subject to hydrolysis) is 1. The number of ether oxygens (including phenoxy) is 1. The largest absolute Gasteiger partial charge is 0.462 e. The van der Waals surface area contributed by atoms with E-state index in [0.717, 1.165) is 48.3 Å². The van der Waals surface area contributed by atoms with Crippen molar-refractivity contribution in [3.8, 4) is 0 Å². The fourth-order valence-electron chi connectivity index (χ4n) is 3.02. The lowest BCUT2D eigenvalue weighted by atomic mass is 10.1. The normalized spacial score (nSPS) is 16.4. The Bertz CT molecular complexity index is 725. The third kappa shape index (κ3) is 3.75. The highest BCUT2D eigenvalue weighted by molar-refractivity contribution is 5.92. The molecule has 1 fully saturated rings. The van der Waals surface area contributed by atoms with Crippen LogP contribution in [0.15, 0.2) is 28.9 Å². The lowest BCUT2D eigenvalue weighted by Crippen LogP contribution is -2.44. The fourth-order valence-corrected chi connectivity index (χ4v) is 3.02. The zero-order chi connectivity index (χ0) is 17.3. The van der Waals surface area contributed by atoms with Gasteiger partial charge in [0.1, 0.15) is 6.10 Å². The van der Waals surface area contributed by atoms with Gasteiger partial charge in [-0.1, -0.05) is 0 Å². The van der Waals surface area contributed by atoms with Crippen molar-refractivity contribution < 1.29 is 13.9 Å². The molecule has 6 heteroatoms. The third-order valence-electron chi connectivity index (χ3n) is 4.09. The van der Waals surface area contributed by atoms with E-state index in [0.29, 0.717) is 0 Å². The molecule has 3 rings (SSSR count). The topological polar surface area (TPSA) is 80.7 Å². The number of carbonyl (C=O) groups excluding carboxylic acids is 1. The molecule has 2 heterocycles. The van der Waals surface area contributed by atoms with Gasteiger partial charge < -0.3 is 25.1 Å². The molecule has 1 aliphatic rings. The van der Waals surface area contributed by atoms with Crippen molar-refractivity contribution in [3.05, 3.63) is 24.5 Å². The number of anilines is 2. The van der Waals surface area contributed by atoms with Crippen LogP contribution in [0.5, 0.6) is 0 Å². The lowest BCUT2D eigenvalue weighted by Gasteiger charge is -2.33. The van der Waals surface area contributed by atoms with Crippen molar-refractivity contribution in [2.45, 2.75) is 45.3 Å². The Labute approximate surface area is 141 Å². The van der Waals surface area contributed by atoms with Gasteiger partial charge in [-0.25, -0.2) is 4.79 Å². The van der Waals surface area contributed by atoms with Crippen molar-refractivity contribution >= 4 is 28.4 Å². The predicted molar refractivity (Wildman–Crippen MR) is 95.2 cm³/mol. The molecular formula is C18H25N3O3. The SMILES string of the molecule is CC(C)(C)NC(=O)OC1CCN(c2cc(N)cc3ccoc23)CC1. The number of amides is 1. The van der Waals surface area contributed by atoms with Crippen molar-refractivity contribution in [1.82, 2.24) is 5.32 Å². The molecular weight excluding hydrogens is 306 g/mol. The zero-order valence-electron chi connectivity index (χ0n) is 14.5. The highest BCUT2D eigenvalue weighted by atomic mass is 16.6. The van der Waals surface area contributed by atoms with E-state index in [-0.39, 0.29) is 17.7 Å². The molecule has 0 spiro atoms. The minimum Gasteiger partial charge on any atom is -0.462 e. The van der Waals surface area contributed by atoms with Crippen LogP contribution in [-0.4, -0.2) is 30.8 Å². The molecule has 2 aromatic rings. The molecule has 1 aromatic carbocycles. The van der Waals surface area contributed by atoms with Crippen molar-refractivity contribution in [2.75, 3.05) is 23.7 Å². The van der Waals surface area contributed by atoms with E-state index in [9.17, 15) is 4.79 Å². The smallest absolute Gasteiger partial charge is 0.407 e. The van der Waals surface area contributed by atoms with Gasteiger partial charge in [-0.2, -0.15) is 0 Å². The number of nitrogens with two attached hydrogens (primary N) is 1. The number of hydrogen-bond acceptors (Lipinski definition) is 5. The van der Waals surface area contributed by atoms with Gasteiger partial charge in [0.25, 0.3) is 0 Å². The maximum atomic E-state index is 11.9. The van der Waals surface area contributed by atoms with Crippen LogP contribution in [0.3, 0.4) is 0 Å². The van der Waals surface area contributed by atoms with Gasteiger partial charge in [0.15, 0.2) is 5.58 Å². The average Bonchev–Trinajstić information content (AvgIpc) is 2.93. The average molecular weight is 331 g/mol. The number of benzene rings is 1. The number of piperidine rings is 1. The molecule has 0 aliphatic carbocycles. The van der Waals surface area contributed by atoms with Crippen LogP contribution in [0, 0.1) is 0 Å². The first-order valence-corrected chi connectivity index (χ1v) is 8.32. The van der Waals surface area contributed by atoms with Crippen LogP contribution in [0.25, 0.3) is 11.0 Å². The summed E-state index contributed by atoms with van der Waals surface area (Å²) >= 11 is 0. The monoisotopic (exact) mass is 331 g/mol. The first kappa shape index (κ1) is 16.5. The molecule has 0 saturated carbocycles. The van der Waals surface area contributed by atoms with Crippen molar-refractivity contribution in [2.24, 2.45) is 0 Å². The Hall–Kier alpha value is -2.37. The summed E-state index contributed by atoms with van der Waals surface area (Å²) in [6.07, 6.45) is 2.85. The zero-order valence-corrected chi connectivity index (χ0v) is 14.5. The molecule has 0 atom stereocenters. The van der Waals surface area contributed by atoms with Gasteiger partial charge >= 0.3 is 6.09 Å². The van der Waals surface area contributed by atoms with E-state index in [4.69, 9.17) is 14.9 Å². The van der Waals surface area contributed by atoms with Crippen molar-refractivity contribution in [1.29, 1.82) is 0 Å². The Morgan fingerprint density at radius 3 is 2.71 bits per heavy atom. The molecule has 130 valence electrons. The van der Waals surface area contributed by atoms with E-state index >= 15 is 0 Å². The second-order valence-electron chi connectivity index (χ2n) is 7.35. The van der Waals surface area contributed by atoms with Gasteiger partial charge in [0.2, 0.25) is 0 Å². The first-order valence-electron chi connectivity index (χ1n) is 8.32. The number of furan rings is 1. The molecule has 1 aromatic heterocycles. The Morgan fingerprint density at radius 2 is 2.04 bits per heavy atom. The number of nitrogens with zero attached hydrogens (tertiary/aromatic N) is 1. The number of carbonyl (C=O) groups is 1. The van der Waals surface area contributed by atoms with Crippen LogP contribution >= 0.6 is 0 Å². The Kier molecular flexibility index (Phi) is 4.30. The predicted octanol–water partition coefficient (Wildman–Crippen LogP) is 3.51. The molecule has 24 heavy (non-hydrogen) atoms. The van der Waals surface area contributed by atoms with Crippen LogP contribution in [0.2, 0.25) is 0 Å². The fraction of sp³-hybridized carbons (Fsp3) is 0.500. The van der Waals surface area contributed by atoms with Crippen LogP contribution in [0.4, 0.5) is 16.2 Å². The number of rotatable bonds is 2. The highest BCUT2D eigenvalue weighted by Gasteiger charge is 2.25. The Morgan fingerprint density at radius 1 is 1.33 bits per heavy atom. The molecule has 1 amide bonds. The summed E-state index contributed by atoms with van der Waals surface area (Å²) in [5.74, 6) is 0. The summed E-state index contributed by atoms with van der Waals surface area (Å²) in [6, 6.07) is 5.77. The molecule has 1 aliphatic heterocycles. The van der Waals surface area contributed by atoms with E-state index in [2.05, 4.69) is 10.2 Å². The standard InChI is InChI=1S/C18H25N3O3/c1-18(2,3)20-17(22)24-14-4-7-21(8-5-14)15-11-13(19)10-12-6-9-23-16(12)15/h6,9-11,14H,4-5,7-8,19H2,1-3H3,(H,20,22). The minimum atomic E-state index is -0.349. The number of fused-ring (bicyclic) bond motifs is 1. The highest BCUT2D eigenvalue weighted by Crippen LogP contribution is 2.32. The second kappa shape index (κ2) is 6.26. The summed E-state index contributed by atoms with van der Waals surface area (Å²) in [5.41, 5.74) is 8.30. The Balaban J connectivity index is 1.62. The van der Waals surface area contributed by atoms with E-state index < -0.39 is 0 Å². The van der Waals surface area contributed by atoms with Gasteiger partial charge in [-0.05, 0) is 39.0 Å². The summed E-state index contributed by atoms with van der Waals surface area (Å²) in [6.45, 7) is 7.40. The van der Waals surface area contributed by atoms with Gasteiger partial charge in [-0.15, -0.1) is 0 Å². The lowest BCUT2D eigenvalue weighted by molar-refractivity contribution is 0.0777.